The molecule has 146 valence electrons. The number of hydrogen-bond donors (Lipinski definition) is 3. The predicted octanol–water partition coefficient (Wildman–Crippen LogP) is 2.72. The number of aliphatic hydroxyl groups is 1. The van der Waals surface area contributed by atoms with Gasteiger partial charge in [-0.1, -0.05) is 6.07 Å². The summed E-state index contributed by atoms with van der Waals surface area (Å²) in [4.78, 5) is 17.5. The maximum absolute atomic E-state index is 13.0. The monoisotopic (exact) mass is 383 g/mol. The molecule has 0 aliphatic rings. The number of aryl methyl sites for hydroxylation is 1. The fourth-order valence-electron chi connectivity index (χ4n) is 2.41. The van der Waals surface area contributed by atoms with Gasteiger partial charge < -0.3 is 20.4 Å². The number of alkyl halides is 3. The first-order chi connectivity index (χ1) is 12.6. The number of aromatic hydroxyl groups is 1. The van der Waals surface area contributed by atoms with Gasteiger partial charge in [0.25, 0.3) is 0 Å². The van der Waals surface area contributed by atoms with E-state index in [0.29, 0.717) is 5.69 Å². The molecule has 0 saturated carbocycles. The predicted molar refractivity (Wildman–Crippen MR) is 94.8 cm³/mol. The third-order valence-electron chi connectivity index (χ3n) is 3.86. The first-order valence-electron chi connectivity index (χ1n) is 8.11. The molecule has 2 aromatic rings. The average molecular weight is 383 g/mol. The molecule has 1 amide bonds. The van der Waals surface area contributed by atoms with Gasteiger partial charge >= 0.3 is 6.18 Å². The maximum atomic E-state index is 13.0. The van der Waals surface area contributed by atoms with Crippen molar-refractivity contribution in [1.29, 1.82) is 0 Å². The molecule has 1 aromatic heterocycles. The fourth-order valence-corrected chi connectivity index (χ4v) is 2.41. The van der Waals surface area contributed by atoms with Crippen LogP contribution in [0.25, 0.3) is 0 Å². The van der Waals surface area contributed by atoms with E-state index in [-0.39, 0.29) is 36.8 Å². The van der Waals surface area contributed by atoms with Crippen LogP contribution < -0.4 is 10.2 Å². The average Bonchev–Trinajstić information content (AvgIpc) is 2.60. The summed E-state index contributed by atoms with van der Waals surface area (Å²) in [6.07, 6.45) is -4.61. The number of halogens is 3. The molecule has 0 saturated heterocycles. The van der Waals surface area contributed by atoms with Crippen molar-refractivity contribution in [1.82, 2.24) is 4.98 Å². The number of anilines is 2. The van der Waals surface area contributed by atoms with Gasteiger partial charge in [-0.2, -0.15) is 13.2 Å². The van der Waals surface area contributed by atoms with Crippen LogP contribution in [0.3, 0.4) is 0 Å². The number of aromatic nitrogens is 1. The normalized spacial score (nSPS) is 11.3. The summed E-state index contributed by atoms with van der Waals surface area (Å²) < 4.78 is 39.0. The second kappa shape index (κ2) is 8.26. The summed E-state index contributed by atoms with van der Waals surface area (Å²) in [7, 11) is 1.45. The Balaban J connectivity index is 2.16. The van der Waals surface area contributed by atoms with Crippen LogP contribution in [-0.4, -0.2) is 41.3 Å². The lowest BCUT2D eigenvalue weighted by atomic mass is 10.2. The number of nitrogens with zero attached hydrogens (tertiary/aromatic N) is 2. The highest BCUT2D eigenvalue weighted by molar-refractivity contribution is 5.96. The summed E-state index contributed by atoms with van der Waals surface area (Å²) >= 11 is 0. The minimum absolute atomic E-state index is 0.0381. The van der Waals surface area contributed by atoms with E-state index in [4.69, 9.17) is 5.11 Å². The molecule has 27 heavy (non-hydrogen) atoms. The van der Waals surface area contributed by atoms with E-state index in [0.717, 1.165) is 17.7 Å². The number of carbonyl (C=O) groups is 1. The van der Waals surface area contributed by atoms with Crippen LogP contribution in [-0.2, 0) is 17.4 Å². The molecule has 3 N–H and O–H groups in total. The van der Waals surface area contributed by atoms with Crippen molar-refractivity contribution in [3.8, 4) is 5.75 Å². The summed E-state index contributed by atoms with van der Waals surface area (Å²) in [6, 6.07) is 6.43. The third kappa shape index (κ3) is 5.33. The van der Waals surface area contributed by atoms with Crippen molar-refractivity contribution in [3.05, 3.63) is 47.2 Å². The lowest BCUT2D eigenvalue weighted by molar-refractivity contribution is -0.137. The molecule has 0 radical (unpaired) electrons. The highest BCUT2D eigenvalue weighted by Gasteiger charge is 2.31. The molecule has 2 rings (SSSR count). The van der Waals surface area contributed by atoms with Crippen LogP contribution in [0.4, 0.5) is 24.7 Å². The van der Waals surface area contributed by atoms with Gasteiger partial charge in [-0.05, 0) is 36.8 Å². The number of hydrogen-bond acceptors (Lipinski definition) is 5. The van der Waals surface area contributed by atoms with Gasteiger partial charge in [0.2, 0.25) is 5.91 Å². The molecule has 9 heteroatoms. The van der Waals surface area contributed by atoms with E-state index in [1.54, 1.807) is 19.1 Å². The van der Waals surface area contributed by atoms with Crippen molar-refractivity contribution in [2.45, 2.75) is 19.5 Å². The van der Waals surface area contributed by atoms with Crippen molar-refractivity contribution < 1.29 is 28.2 Å². The maximum Gasteiger partial charge on any atom is 0.416 e. The number of likely N-dealkylation sites (N-methyl/N-ethyl adjacent to an activating group) is 1. The molecule has 0 fully saturated rings. The van der Waals surface area contributed by atoms with Gasteiger partial charge in [-0.15, -0.1) is 0 Å². The Morgan fingerprint density at radius 1 is 1.26 bits per heavy atom. The lowest BCUT2D eigenvalue weighted by Gasteiger charge is -2.20. The highest BCUT2D eigenvalue weighted by atomic mass is 19.4. The zero-order chi connectivity index (χ0) is 20.2. The number of nitrogens with one attached hydrogen (secondary N) is 1. The second-order valence-corrected chi connectivity index (χ2v) is 6.00. The van der Waals surface area contributed by atoms with E-state index in [9.17, 15) is 23.1 Å². The van der Waals surface area contributed by atoms with Crippen molar-refractivity contribution in [3.63, 3.8) is 0 Å². The topological polar surface area (TPSA) is 85.7 Å². The van der Waals surface area contributed by atoms with E-state index in [2.05, 4.69) is 10.3 Å². The number of aliphatic hydroxyl groups excluding tert-OH is 1. The molecule has 0 unspecified atom stereocenters. The summed E-state index contributed by atoms with van der Waals surface area (Å²) in [5, 5.41) is 21.4. The Kier molecular flexibility index (Phi) is 6.27. The Bertz CT molecular complexity index is 825. The van der Waals surface area contributed by atoms with E-state index < -0.39 is 17.6 Å². The summed E-state index contributed by atoms with van der Waals surface area (Å²) in [5.41, 5.74) is 0.274. The zero-order valence-electron chi connectivity index (χ0n) is 14.8. The van der Waals surface area contributed by atoms with Crippen LogP contribution in [0.5, 0.6) is 5.75 Å². The van der Waals surface area contributed by atoms with Crippen molar-refractivity contribution in [2.24, 2.45) is 0 Å². The molecule has 0 aliphatic heterocycles. The molecule has 0 aliphatic carbocycles. The highest BCUT2D eigenvalue weighted by Crippen LogP contribution is 2.31. The number of phenols is 1. The minimum Gasteiger partial charge on any atom is -0.506 e. The Morgan fingerprint density at radius 2 is 1.96 bits per heavy atom. The number of amides is 1. The Labute approximate surface area is 154 Å². The fraction of sp³-hybridized carbons (Fsp3) is 0.333. The van der Waals surface area contributed by atoms with Crippen LogP contribution in [0.2, 0.25) is 0 Å². The van der Waals surface area contributed by atoms with Crippen LogP contribution in [0, 0.1) is 6.92 Å². The van der Waals surface area contributed by atoms with Gasteiger partial charge in [-0.25, -0.2) is 4.98 Å². The van der Waals surface area contributed by atoms with Crippen LogP contribution in [0.15, 0.2) is 30.3 Å². The summed E-state index contributed by atoms with van der Waals surface area (Å²) in [5.74, 6) is -0.679. The van der Waals surface area contributed by atoms with Gasteiger partial charge in [0.05, 0.1) is 17.8 Å². The first kappa shape index (κ1) is 20.5. The number of benzene rings is 1. The lowest BCUT2D eigenvalue weighted by Crippen LogP contribution is -2.32. The SMILES string of the molecule is Cc1ccc(O)c(N(C)C(=O)CNc2cc(C(F)(F)F)cc(CCO)n2)c1. The number of rotatable bonds is 6. The molecule has 1 aromatic carbocycles. The number of pyridine rings is 1. The van der Waals surface area contributed by atoms with Crippen LogP contribution in [0.1, 0.15) is 16.8 Å². The molecule has 0 bridgehead atoms. The Morgan fingerprint density at radius 3 is 2.59 bits per heavy atom. The zero-order valence-corrected chi connectivity index (χ0v) is 14.8. The minimum atomic E-state index is -4.57. The van der Waals surface area contributed by atoms with Gasteiger partial charge in [0.1, 0.15) is 11.6 Å². The molecular weight excluding hydrogens is 363 g/mol. The third-order valence-corrected chi connectivity index (χ3v) is 3.86. The van der Waals surface area contributed by atoms with Gasteiger partial charge in [0, 0.05) is 25.8 Å². The summed E-state index contributed by atoms with van der Waals surface area (Å²) in [6.45, 7) is 1.13. The molecule has 0 atom stereocenters. The van der Waals surface area contributed by atoms with Crippen molar-refractivity contribution >= 4 is 17.4 Å². The van der Waals surface area contributed by atoms with E-state index >= 15 is 0 Å². The standard InChI is InChI=1S/C18H20F3N3O3/c1-11-3-4-15(26)14(7-11)24(2)17(27)10-22-16-9-12(18(19,20)21)8-13(23-16)5-6-25/h3-4,7-9,25-26H,5-6,10H2,1-2H3,(H,22,23). The number of phenolic OH excluding ortho intramolecular Hbond substituents is 1. The van der Waals surface area contributed by atoms with Gasteiger partial charge in [-0.3, -0.25) is 4.79 Å². The smallest absolute Gasteiger partial charge is 0.416 e. The quantitative estimate of drug-likeness (QED) is 0.714. The van der Waals surface area contributed by atoms with E-state index in [1.165, 1.54) is 18.0 Å². The molecular formula is C18H20F3N3O3. The molecule has 6 nitrogen and oxygen atoms in total. The van der Waals surface area contributed by atoms with Crippen LogP contribution >= 0.6 is 0 Å². The largest absolute Gasteiger partial charge is 0.506 e. The molecule has 0 spiro atoms. The molecule has 1 heterocycles. The van der Waals surface area contributed by atoms with Gasteiger partial charge in [0.15, 0.2) is 0 Å². The van der Waals surface area contributed by atoms with E-state index in [1.807, 2.05) is 0 Å². The number of carbonyl (C=O) groups excluding carboxylic acids is 1. The second-order valence-electron chi connectivity index (χ2n) is 6.00. The van der Waals surface area contributed by atoms with Crippen molar-refractivity contribution in [2.75, 3.05) is 30.4 Å². The Hall–Kier alpha value is -2.81. The first-order valence-corrected chi connectivity index (χ1v) is 8.11.